The lowest BCUT2D eigenvalue weighted by atomic mass is 9.79. The van der Waals surface area contributed by atoms with Crippen molar-refractivity contribution in [1.29, 1.82) is 0 Å². The van der Waals surface area contributed by atoms with Crippen molar-refractivity contribution in [3.05, 3.63) is 33.3 Å². The molecule has 0 radical (unpaired) electrons. The van der Waals surface area contributed by atoms with Crippen molar-refractivity contribution < 1.29 is 41.0 Å². The van der Waals surface area contributed by atoms with Crippen LogP contribution in [-0.4, -0.2) is 64.4 Å². The Bertz CT molecular complexity index is 868. The molecule has 13 heteroatoms. The van der Waals surface area contributed by atoms with Gasteiger partial charge in [0, 0.05) is 40.2 Å². The Balaban J connectivity index is 2.00. The van der Waals surface area contributed by atoms with Gasteiger partial charge in [-0.25, -0.2) is 4.79 Å². The molecule has 3 rings (SSSR count). The van der Waals surface area contributed by atoms with Gasteiger partial charge in [0.2, 0.25) is 0 Å². The maximum atomic E-state index is 13.4. The minimum absolute atomic E-state index is 0.0145. The monoisotopic (exact) mass is 550 g/mol. The van der Waals surface area contributed by atoms with Crippen LogP contribution in [0.1, 0.15) is 29.6 Å². The van der Waals surface area contributed by atoms with Crippen LogP contribution >= 0.6 is 27.5 Å². The summed E-state index contributed by atoms with van der Waals surface area (Å²) < 4.78 is 80.9. The molecule has 0 bridgehead atoms. The normalized spacial score (nSPS) is 21.5. The maximum absolute atomic E-state index is 13.4. The average molecular weight is 552 g/mol. The highest BCUT2D eigenvalue weighted by Crippen LogP contribution is 2.52. The largest absolute Gasteiger partial charge is 0.465 e. The number of rotatable bonds is 2. The standard InChI is InChI=1S/C19H18BrClF6N2O3/c20-12-5-10(6-13(21)7-12)15(30)29-9-11(14(18(22,23)24)19(25,26)27)8-17(29)1-3-28(4-2-17)16(31)32/h5-7,11,14H,1-4,8-9H2,(H,31,32). The third-order valence-electron chi connectivity index (χ3n) is 6.13. The fourth-order valence-electron chi connectivity index (χ4n) is 4.75. The van der Waals surface area contributed by atoms with Crippen molar-refractivity contribution in [3.63, 3.8) is 0 Å². The van der Waals surface area contributed by atoms with E-state index >= 15 is 0 Å². The van der Waals surface area contributed by atoms with Gasteiger partial charge in [-0.1, -0.05) is 27.5 Å². The van der Waals surface area contributed by atoms with Gasteiger partial charge in [-0.05, 0) is 43.4 Å². The molecule has 2 amide bonds. The van der Waals surface area contributed by atoms with Gasteiger partial charge in [0.15, 0.2) is 5.92 Å². The van der Waals surface area contributed by atoms with E-state index in [0.29, 0.717) is 4.47 Å². The van der Waals surface area contributed by atoms with E-state index in [0.717, 1.165) is 9.80 Å². The van der Waals surface area contributed by atoms with Gasteiger partial charge >= 0.3 is 18.4 Å². The lowest BCUT2D eigenvalue weighted by Gasteiger charge is -2.44. The van der Waals surface area contributed by atoms with E-state index in [1.165, 1.54) is 18.2 Å². The predicted molar refractivity (Wildman–Crippen MR) is 105 cm³/mol. The van der Waals surface area contributed by atoms with Crippen molar-refractivity contribution in [2.24, 2.45) is 11.8 Å². The van der Waals surface area contributed by atoms with Crippen LogP contribution in [0.2, 0.25) is 5.02 Å². The Labute approximate surface area is 192 Å². The molecule has 2 saturated heterocycles. The molecule has 2 aliphatic heterocycles. The third-order valence-corrected chi connectivity index (χ3v) is 6.80. The van der Waals surface area contributed by atoms with Gasteiger partial charge in [0.1, 0.15) is 0 Å². The quantitative estimate of drug-likeness (QED) is 0.472. The molecule has 32 heavy (non-hydrogen) atoms. The number of alkyl halides is 6. The number of carbonyl (C=O) groups is 2. The van der Waals surface area contributed by atoms with Gasteiger partial charge in [-0.3, -0.25) is 4.79 Å². The lowest BCUT2D eigenvalue weighted by molar-refractivity contribution is -0.297. The van der Waals surface area contributed by atoms with Crippen LogP contribution in [0.4, 0.5) is 31.1 Å². The Morgan fingerprint density at radius 2 is 1.66 bits per heavy atom. The van der Waals surface area contributed by atoms with Gasteiger partial charge in [-0.15, -0.1) is 0 Å². The van der Waals surface area contributed by atoms with Crippen molar-refractivity contribution in [2.45, 2.75) is 37.2 Å². The van der Waals surface area contributed by atoms with Gasteiger partial charge in [0.25, 0.3) is 5.91 Å². The number of likely N-dealkylation sites (tertiary alicyclic amines) is 2. The van der Waals surface area contributed by atoms with Crippen LogP contribution in [0.5, 0.6) is 0 Å². The summed E-state index contributed by atoms with van der Waals surface area (Å²) in [7, 11) is 0. The summed E-state index contributed by atoms with van der Waals surface area (Å²) in [6, 6.07) is 4.15. The second kappa shape index (κ2) is 8.58. The van der Waals surface area contributed by atoms with E-state index in [1.807, 2.05) is 0 Å². The van der Waals surface area contributed by atoms with Crippen molar-refractivity contribution in [3.8, 4) is 0 Å². The van der Waals surface area contributed by atoms with Gasteiger partial charge in [-0.2, -0.15) is 26.3 Å². The first-order valence-electron chi connectivity index (χ1n) is 9.53. The summed E-state index contributed by atoms with van der Waals surface area (Å²) in [6.07, 6.45) is -13.0. The van der Waals surface area contributed by atoms with Crippen LogP contribution < -0.4 is 0 Å². The number of hydrogen-bond donors (Lipinski definition) is 1. The van der Waals surface area contributed by atoms with E-state index in [1.54, 1.807) is 0 Å². The fourth-order valence-corrected chi connectivity index (χ4v) is 5.61. The molecule has 1 unspecified atom stereocenters. The average Bonchev–Trinajstić information content (AvgIpc) is 2.95. The zero-order valence-electron chi connectivity index (χ0n) is 16.3. The Morgan fingerprint density at radius 1 is 1.09 bits per heavy atom. The molecule has 178 valence electrons. The van der Waals surface area contributed by atoms with Gasteiger partial charge < -0.3 is 14.9 Å². The van der Waals surface area contributed by atoms with Crippen LogP contribution in [-0.2, 0) is 0 Å². The van der Waals surface area contributed by atoms with Crippen molar-refractivity contribution in [2.75, 3.05) is 19.6 Å². The first-order valence-corrected chi connectivity index (χ1v) is 10.7. The molecule has 2 fully saturated rings. The summed E-state index contributed by atoms with van der Waals surface area (Å²) in [5.41, 5.74) is -1.31. The zero-order chi connectivity index (χ0) is 24.1. The molecular formula is C19H18BrClF6N2O3. The van der Waals surface area contributed by atoms with Crippen LogP contribution in [0.3, 0.4) is 0 Å². The summed E-state index contributed by atoms with van der Waals surface area (Å²) in [5, 5.41) is 9.33. The summed E-state index contributed by atoms with van der Waals surface area (Å²) in [5.74, 6) is -6.24. The van der Waals surface area contributed by atoms with Crippen LogP contribution in [0, 0.1) is 11.8 Å². The van der Waals surface area contributed by atoms with Crippen molar-refractivity contribution >= 4 is 39.5 Å². The number of carboxylic acid groups (broad SMARTS) is 1. The van der Waals surface area contributed by atoms with E-state index in [2.05, 4.69) is 15.9 Å². The van der Waals surface area contributed by atoms with Crippen LogP contribution in [0.25, 0.3) is 0 Å². The smallest absolute Gasteiger partial charge is 0.407 e. The first-order chi connectivity index (χ1) is 14.6. The van der Waals surface area contributed by atoms with Gasteiger partial charge in [0.05, 0.1) is 0 Å². The first kappa shape index (κ1) is 24.9. The maximum Gasteiger partial charge on any atom is 0.407 e. The molecule has 0 aromatic heterocycles. The minimum atomic E-state index is -5.54. The molecule has 0 saturated carbocycles. The number of nitrogens with zero attached hydrogens (tertiary/aromatic N) is 2. The van der Waals surface area contributed by atoms with Crippen molar-refractivity contribution in [1.82, 2.24) is 9.80 Å². The predicted octanol–water partition coefficient (Wildman–Crippen LogP) is 5.82. The Morgan fingerprint density at radius 3 is 2.12 bits per heavy atom. The van der Waals surface area contributed by atoms with E-state index < -0.39 is 54.7 Å². The molecule has 2 heterocycles. The minimum Gasteiger partial charge on any atom is -0.465 e. The summed E-state index contributed by atoms with van der Waals surface area (Å²) in [4.78, 5) is 26.6. The highest BCUT2D eigenvalue weighted by Gasteiger charge is 2.64. The molecule has 2 aliphatic rings. The SMILES string of the molecule is O=C(O)N1CCC2(CC1)CC(C(C(F)(F)F)C(F)(F)F)CN2C(=O)c1cc(Cl)cc(Br)c1. The second-order valence-electron chi connectivity index (χ2n) is 8.09. The van der Waals surface area contributed by atoms with E-state index in [9.17, 15) is 35.9 Å². The lowest BCUT2D eigenvalue weighted by Crippen LogP contribution is -2.54. The topological polar surface area (TPSA) is 60.9 Å². The number of halogens is 8. The van der Waals surface area contributed by atoms with E-state index in [-0.39, 0.29) is 36.5 Å². The molecule has 0 aliphatic carbocycles. The highest BCUT2D eigenvalue weighted by molar-refractivity contribution is 9.10. The molecule has 1 spiro atoms. The second-order valence-corrected chi connectivity index (χ2v) is 9.45. The van der Waals surface area contributed by atoms with Crippen LogP contribution in [0.15, 0.2) is 22.7 Å². The Kier molecular flexibility index (Phi) is 6.69. The number of amides is 2. The van der Waals surface area contributed by atoms with E-state index in [4.69, 9.17) is 16.7 Å². The zero-order valence-corrected chi connectivity index (χ0v) is 18.7. The molecule has 1 N–H and O–H groups in total. The molecule has 1 atom stereocenters. The number of carbonyl (C=O) groups excluding carboxylic acids is 1. The molecule has 1 aromatic carbocycles. The molecule has 1 aromatic rings. The third kappa shape index (κ3) is 4.95. The number of hydrogen-bond acceptors (Lipinski definition) is 2. The highest BCUT2D eigenvalue weighted by atomic mass is 79.9. The molecular weight excluding hydrogens is 534 g/mol. The molecule has 5 nitrogen and oxygen atoms in total. The number of piperidine rings is 1. The summed E-state index contributed by atoms with van der Waals surface area (Å²) >= 11 is 9.12. The fraction of sp³-hybridized carbons (Fsp3) is 0.579. The Hall–Kier alpha value is -1.69. The summed E-state index contributed by atoms with van der Waals surface area (Å²) in [6.45, 7) is -0.957. The number of benzene rings is 1.